The average molecular weight is 419 g/mol. The molecule has 1 aliphatic heterocycles. The van der Waals surface area contributed by atoms with Gasteiger partial charge in [-0.2, -0.15) is 5.26 Å². The summed E-state index contributed by atoms with van der Waals surface area (Å²) in [6.07, 6.45) is -4.84. The van der Waals surface area contributed by atoms with Crippen LogP contribution in [0.15, 0.2) is 36.4 Å². The van der Waals surface area contributed by atoms with E-state index in [1.54, 1.807) is 6.07 Å². The number of nitrogens with one attached hydrogen (secondary N) is 1. The third-order valence-electron chi connectivity index (χ3n) is 4.21. The van der Waals surface area contributed by atoms with E-state index in [1.165, 1.54) is 20.5 Å². The highest BCUT2D eigenvalue weighted by atomic mass is 19.4. The number of alkyl halides is 3. The van der Waals surface area contributed by atoms with Gasteiger partial charge in [-0.1, -0.05) is 6.07 Å². The number of aromatic hydroxyl groups is 1. The van der Waals surface area contributed by atoms with Gasteiger partial charge in [-0.3, -0.25) is 4.79 Å². The number of ether oxygens (including phenoxy) is 2. The van der Waals surface area contributed by atoms with E-state index in [0.717, 1.165) is 29.8 Å². The van der Waals surface area contributed by atoms with Crippen LogP contribution in [0.3, 0.4) is 0 Å². The van der Waals surface area contributed by atoms with E-state index in [-0.39, 0.29) is 23.7 Å². The molecule has 2 N–H and O–H groups in total. The van der Waals surface area contributed by atoms with Gasteiger partial charge in [0, 0.05) is 5.56 Å². The van der Waals surface area contributed by atoms with Crippen LogP contribution >= 0.6 is 0 Å². The predicted molar refractivity (Wildman–Crippen MR) is 98.4 cm³/mol. The zero-order valence-corrected chi connectivity index (χ0v) is 15.6. The minimum absolute atomic E-state index is 0.0260. The standard InChI is InChI=1S/C19H15BF3N2O5/c1-18(9-24,10-28-14-7-4-12-8-29-20-15(12)16(14)26)25-17(27)11-2-5-13(6-3-11)30-19(21,22)23/h2-7,26H,8,10H2,1H3,(H,25,27). The van der Waals surface area contributed by atoms with Gasteiger partial charge in [0.15, 0.2) is 17.0 Å². The zero-order valence-electron chi connectivity index (χ0n) is 15.6. The molecule has 0 aromatic heterocycles. The van der Waals surface area contributed by atoms with Gasteiger partial charge in [0.2, 0.25) is 0 Å². The normalized spacial score (nSPS) is 14.6. The quantitative estimate of drug-likeness (QED) is 0.697. The Morgan fingerprint density at radius 3 is 2.63 bits per heavy atom. The Labute approximate surface area is 170 Å². The molecule has 2 aromatic carbocycles. The zero-order chi connectivity index (χ0) is 21.9. The van der Waals surface area contributed by atoms with Gasteiger partial charge in [-0.15, -0.1) is 13.2 Å². The number of carbonyl (C=O) groups is 1. The Kier molecular flexibility index (Phi) is 5.80. The average Bonchev–Trinajstić information content (AvgIpc) is 3.16. The molecule has 0 aliphatic carbocycles. The minimum atomic E-state index is -4.84. The molecule has 0 spiro atoms. The molecule has 1 atom stereocenters. The summed E-state index contributed by atoms with van der Waals surface area (Å²) in [5.74, 6) is -1.20. The Balaban J connectivity index is 1.65. The van der Waals surface area contributed by atoms with E-state index < -0.39 is 23.6 Å². The minimum Gasteiger partial charge on any atom is -0.505 e. The van der Waals surface area contributed by atoms with Crippen LogP contribution < -0.4 is 20.3 Å². The third-order valence-corrected chi connectivity index (χ3v) is 4.21. The lowest BCUT2D eigenvalue weighted by Gasteiger charge is -2.24. The van der Waals surface area contributed by atoms with Crippen LogP contribution in [0.5, 0.6) is 17.2 Å². The lowest BCUT2D eigenvalue weighted by atomic mass is 9.86. The van der Waals surface area contributed by atoms with Gasteiger partial charge in [0.25, 0.3) is 5.91 Å². The number of fused-ring (bicyclic) bond motifs is 1. The van der Waals surface area contributed by atoms with Crippen molar-refractivity contribution in [2.75, 3.05) is 6.61 Å². The first-order valence-electron chi connectivity index (χ1n) is 8.62. The first kappa shape index (κ1) is 21.3. The highest BCUT2D eigenvalue weighted by Crippen LogP contribution is 2.28. The number of rotatable bonds is 6. The SMILES string of the molecule is CC(C#N)(COc1ccc2c(c1O)[B]OC2)NC(=O)c1ccc(OC(F)(F)F)cc1. The number of hydrogen-bond acceptors (Lipinski definition) is 6. The largest absolute Gasteiger partial charge is 0.573 e. The second-order valence-corrected chi connectivity index (χ2v) is 6.67. The smallest absolute Gasteiger partial charge is 0.505 e. The molecule has 1 heterocycles. The lowest BCUT2D eigenvalue weighted by molar-refractivity contribution is -0.274. The molecule has 30 heavy (non-hydrogen) atoms. The van der Waals surface area contributed by atoms with Crippen molar-refractivity contribution in [3.8, 4) is 23.3 Å². The number of nitrogens with zero attached hydrogens (tertiary/aromatic N) is 1. The number of benzene rings is 2. The van der Waals surface area contributed by atoms with Gasteiger partial charge >= 0.3 is 13.8 Å². The number of carbonyl (C=O) groups excluding carboxylic acids is 1. The Morgan fingerprint density at radius 1 is 1.30 bits per heavy atom. The van der Waals surface area contributed by atoms with Crippen LogP contribution in [0.2, 0.25) is 0 Å². The van der Waals surface area contributed by atoms with E-state index in [4.69, 9.17) is 9.39 Å². The summed E-state index contributed by atoms with van der Waals surface area (Å²) in [5, 5.41) is 22.2. The van der Waals surface area contributed by atoms with Gasteiger partial charge < -0.3 is 24.6 Å². The van der Waals surface area contributed by atoms with Gasteiger partial charge in [-0.25, -0.2) is 0 Å². The fraction of sp³-hybridized carbons (Fsp3) is 0.263. The van der Waals surface area contributed by atoms with Crippen LogP contribution in [0.4, 0.5) is 13.2 Å². The molecule has 155 valence electrons. The van der Waals surface area contributed by atoms with Crippen molar-refractivity contribution < 1.29 is 37.2 Å². The maximum atomic E-state index is 12.4. The molecule has 1 radical (unpaired) electrons. The number of phenols is 1. The second-order valence-electron chi connectivity index (χ2n) is 6.67. The molecule has 3 rings (SSSR count). The molecule has 0 bridgehead atoms. The fourth-order valence-corrected chi connectivity index (χ4v) is 2.67. The topological polar surface area (TPSA) is 101 Å². The molecule has 0 saturated carbocycles. The fourth-order valence-electron chi connectivity index (χ4n) is 2.67. The third kappa shape index (κ3) is 4.96. The number of hydrogen-bond donors (Lipinski definition) is 2. The van der Waals surface area contributed by atoms with E-state index >= 15 is 0 Å². The number of phenolic OH excluding ortho intramolecular Hbond substituents is 1. The van der Waals surface area contributed by atoms with Crippen molar-refractivity contribution in [1.29, 1.82) is 5.26 Å². The van der Waals surface area contributed by atoms with Crippen molar-refractivity contribution in [3.63, 3.8) is 0 Å². The van der Waals surface area contributed by atoms with E-state index in [0.29, 0.717) is 12.1 Å². The van der Waals surface area contributed by atoms with Crippen molar-refractivity contribution in [2.24, 2.45) is 0 Å². The summed E-state index contributed by atoms with van der Waals surface area (Å²) < 4.78 is 51.1. The summed E-state index contributed by atoms with van der Waals surface area (Å²) in [5.41, 5.74) is -0.187. The molecule has 0 fully saturated rings. The van der Waals surface area contributed by atoms with Crippen LogP contribution in [-0.2, 0) is 11.3 Å². The van der Waals surface area contributed by atoms with Crippen molar-refractivity contribution in [3.05, 3.63) is 47.5 Å². The van der Waals surface area contributed by atoms with E-state index in [1.807, 2.05) is 6.07 Å². The summed E-state index contributed by atoms with van der Waals surface area (Å²) in [4.78, 5) is 12.4. The maximum absolute atomic E-state index is 12.4. The number of amides is 1. The molecule has 0 saturated heterocycles. The summed E-state index contributed by atoms with van der Waals surface area (Å²) >= 11 is 0. The molecule has 1 aliphatic rings. The summed E-state index contributed by atoms with van der Waals surface area (Å²) in [6, 6.07) is 9.40. The van der Waals surface area contributed by atoms with Crippen LogP contribution in [0, 0.1) is 11.3 Å². The van der Waals surface area contributed by atoms with Crippen LogP contribution in [0.25, 0.3) is 0 Å². The molecule has 1 unspecified atom stereocenters. The number of halogens is 3. The molecule has 7 nitrogen and oxygen atoms in total. The first-order chi connectivity index (χ1) is 14.1. The molecule has 1 amide bonds. The summed E-state index contributed by atoms with van der Waals surface area (Å²) in [6.45, 7) is 1.45. The highest BCUT2D eigenvalue weighted by molar-refractivity contribution is 6.50. The van der Waals surface area contributed by atoms with E-state index in [2.05, 4.69) is 10.1 Å². The van der Waals surface area contributed by atoms with Crippen molar-refractivity contribution >= 4 is 18.9 Å². The second kappa shape index (κ2) is 8.16. The van der Waals surface area contributed by atoms with Gasteiger partial charge in [-0.05, 0) is 48.3 Å². The lowest BCUT2D eigenvalue weighted by Crippen LogP contribution is -2.49. The van der Waals surface area contributed by atoms with E-state index in [9.17, 15) is 28.3 Å². The monoisotopic (exact) mass is 419 g/mol. The van der Waals surface area contributed by atoms with Gasteiger partial charge in [0.05, 0.1) is 12.7 Å². The van der Waals surface area contributed by atoms with Crippen molar-refractivity contribution in [2.45, 2.75) is 25.4 Å². The molecular formula is C19H15BF3N2O5. The molecule has 11 heteroatoms. The Morgan fingerprint density at radius 2 is 2.00 bits per heavy atom. The van der Waals surface area contributed by atoms with Gasteiger partial charge in [0.1, 0.15) is 12.4 Å². The Bertz CT molecular complexity index is 991. The van der Waals surface area contributed by atoms with Crippen molar-refractivity contribution in [1.82, 2.24) is 5.32 Å². The summed E-state index contributed by atoms with van der Waals surface area (Å²) in [7, 11) is 1.40. The Hall–Kier alpha value is -3.39. The highest BCUT2D eigenvalue weighted by Gasteiger charge is 2.32. The maximum Gasteiger partial charge on any atom is 0.573 e. The van der Waals surface area contributed by atoms with Crippen LogP contribution in [0.1, 0.15) is 22.8 Å². The molecular weight excluding hydrogens is 404 g/mol. The predicted octanol–water partition coefficient (Wildman–Crippen LogP) is 2.16. The first-order valence-corrected chi connectivity index (χ1v) is 8.62. The number of nitriles is 1. The van der Waals surface area contributed by atoms with Crippen LogP contribution in [-0.4, -0.2) is 37.0 Å². The molecule has 2 aromatic rings.